The molecule has 1 aliphatic heterocycles. The van der Waals surface area contributed by atoms with Gasteiger partial charge in [0.2, 0.25) is 0 Å². The standard InChI is InChI=1S/C21H37N5O2/c1-4-22-21(25-12-6-13-26-14-7-17(2)8-15-26)24-11-5-10-23-20(27)19-18(3)9-16-28-19/h9,16-17H,4-8,10-15H2,1-3H3,(H,23,27)(H2,22,24,25). The number of carbonyl (C=O) groups is 1. The lowest BCUT2D eigenvalue weighted by Crippen LogP contribution is -2.40. The molecule has 7 nitrogen and oxygen atoms in total. The maximum atomic E-state index is 12.0. The van der Waals surface area contributed by atoms with Crippen molar-refractivity contribution in [3.8, 4) is 0 Å². The molecule has 1 saturated heterocycles. The maximum Gasteiger partial charge on any atom is 0.287 e. The molecule has 0 radical (unpaired) electrons. The van der Waals surface area contributed by atoms with Crippen molar-refractivity contribution in [1.82, 2.24) is 20.9 Å². The van der Waals surface area contributed by atoms with Gasteiger partial charge in [-0.2, -0.15) is 0 Å². The quantitative estimate of drug-likeness (QED) is 0.324. The van der Waals surface area contributed by atoms with Crippen LogP contribution in [0.3, 0.4) is 0 Å². The van der Waals surface area contributed by atoms with Crippen molar-refractivity contribution >= 4 is 11.9 Å². The van der Waals surface area contributed by atoms with Crippen molar-refractivity contribution in [2.24, 2.45) is 10.9 Å². The van der Waals surface area contributed by atoms with E-state index in [4.69, 9.17) is 4.42 Å². The van der Waals surface area contributed by atoms with E-state index in [-0.39, 0.29) is 5.91 Å². The zero-order chi connectivity index (χ0) is 20.2. The summed E-state index contributed by atoms with van der Waals surface area (Å²) >= 11 is 0. The predicted octanol–water partition coefficient (Wildman–Crippen LogP) is 2.39. The molecule has 1 aliphatic rings. The Hall–Kier alpha value is -2.02. The number of rotatable bonds is 10. The van der Waals surface area contributed by atoms with Crippen LogP contribution in [0.1, 0.15) is 55.6 Å². The van der Waals surface area contributed by atoms with Gasteiger partial charge in [-0.15, -0.1) is 0 Å². The second-order valence-corrected chi connectivity index (χ2v) is 7.61. The van der Waals surface area contributed by atoms with Gasteiger partial charge < -0.3 is 25.3 Å². The van der Waals surface area contributed by atoms with Gasteiger partial charge in [0.05, 0.1) is 6.26 Å². The molecule has 0 saturated carbocycles. The summed E-state index contributed by atoms with van der Waals surface area (Å²) in [6.07, 6.45) is 6.10. The summed E-state index contributed by atoms with van der Waals surface area (Å²) in [4.78, 5) is 19.1. The third-order valence-corrected chi connectivity index (χ3v) is 5.12. The first kappa shape index (κ1) is 22.3. The molecule has 1 amide bonds. The number of carbonyl (C=O) groups excluding carboxylic acids is 1. The summed E-state index contributed by atoms with van der Waals surface area (Å²) in [6.45, 7) is 12.9. The minimum Gasteiger partial charge on any atom is -0.459 e. The fourth-order valence-corrected chi connectivity index (χ4v) is 3.29. The highest BCUT2D eigenvalue weighted by Gasteiger charge is 2.14. The van der Waals surface area contributed by atoms with Crippen molar-refractivity contribution in [1.29, 1.82) is 0 Å². The number of piperidine rings is 1. The maximum absolute atomic E-state index is 12.0. The van der Waals surface area contributed by atoms with E-state index in [9.17, 15) is 4.79 Å². The molecule has 2 heterocycles. The number of aryl methyl sites for hydroxylation is 1. The van der Waals surface area contributed by atoms with Gasteiger partial charge in [-0.25, -0.2) is 0 Å². The number of hydrogen-bond donors (Lipinski definition) is 3. The summed E-state index contributed by atoms with van der Waals surface area (Å²) in [5.74, 6) is 1.96. The van der Waals surface area contributed by atoms with Gasteiger partial charge in [0, 0.05) is 31.7 Å². The third-order valence-electron chi connectivity index (χ3n) is 5.12. The molecule has 3 N–H and O–H groups in total. The molecule has 158 valence electrons. The first-order valence-electron chi connectivity index (χ1n) is 10.7. The van der Waals surface area contributed by atoms with Gasteiger partial charge in [0.25, 0.3) is 5.91 Å². The van der Waals surface area contributed by atoms with Gasteiger partial charge in [0.1, 0.15) is 0 Å². The van der Waals surface area contributed by atoms with E-state index >= 15 is 0 Å². The van der Waals surface area contributed by atoms with Crippen molar-refractivity contribution < 1.29 is 9.21 Å². The van der Waals surface area contributed by atoms with Crippen LogP contribution in [0.2, 0.25) is 0 Å². The molecular weight excluding hydrogens is 354 g/mol. The molecule has 0 spiro atoms. The minimum atomic E-state index is -0.163. The molecule has 0 bridgehead atoms. The molecule has 7 heteroatoms. The summed E-state index contributed by atoms with van der Waals surface area (Å²) in [5, 5.41) is 9.56. The van der Waals surface area contributed by atoms with Crippen LogP contribution in [0, 0.1) is 12.8 Å². The van der Waals surface area contributed by atoms with Crippen molar-refractivity contribution in [3.63, 3.8) is 0 Å². The normalized spacial score (nSPS) is 16.2. The summed E-state index contributed by atoms with van der Waals surface area (Å²) in [6, 6.07) is 1.79. The van der Waals surface area contributed by atoms with Crippen LogP contribution in [-0.2, 0) is 0 Å². The third kappa shape index (κ3) is 7.92. The molecule has 0 aromatic carbocycles. The van der Waals surface area contributed by atoms with Crippen molar-refractivity contribution in [2.45, 2.75) is 46.5 Å². The van der Waals surface area contributed by atoms with Crippen LogP contribution in [0.4, 0.5) is 0 Å². The Morgan fingerprint density at radius 2 is 1.96 bits per heavy atom. The van der Waals surface area contributed by atoms with Crippen LogP contribution in [0.5, 0.6) is 0 Å². The molecule has 0 unspecified atom stereocenters. The van der Waals surface area contributed by atoms with Crippen LogP contribution < -0.4 is 16.0 Å². The Morgan fingerprint density at radius 1 is 1.21 bits per heavy atom. The molecule has 2 rings (SSSR count). The number of hydrogen-bond acceptors (Lipinski definition) is 4. The first-order chi connectivity index (χ1) is 13.6. The molecule has 0 atom stereocenters. The van der Waals surface area contributed by atoms with Crippen LogP contribution >= 0.6 is 0 Å². The smallest absolute Gasteiger partial charge is 0.287 e. The molecule has 1 aromatic rings. The Balaban J connectivity index is 1.59. The summed E-state index contributed by atoms with van der Waals surface area (Å²) < 4.78 is 5.19. The zero-order valence-corrected chi connectivity index (χ0v) is 17.7. The summed E-state index contributed by atoms with van der Waals surface area (Å²) in [5.41, 5.74) is 0.855. The number of guanidine groups is 1. The first-order valence-corrected chi connectivity index (χ1v) is 10.7. The lowest BCUT2D eigenvalue weighted by molar-refractivity contribution is 0.0925. The van der Waals surface area contributed by atoms with E-state index in [0.29, 0.717) is 18.8 Å². The second-order valence-electron chi connectivity index (χ2n) is 7.61. The number of amides is 1. The molecule has 1 fully saturated rings. The highest BCUT2D eigenvalue weighted by molar-refractivity contribution is 5.92. The molecular formula is C21H37N5O2. The molecule has 1 aromatic heterocycles. The largest absolute Gasteiger partial charge is 0.459 e. The van der Waals surface area contributed by atoms with Crippen LogP contribution in [0.25, 0.3) is 0 Å². The van der Waals surface area contributed by atoms with E-state index in [1.165, 1.54) is 32.2 Å². The van der Waals surface area contributed by atoms with E-state index < -0.39 is 0 Å². The Bertz CT molecular complexity index is 606. The molecule has 0 aliphatic carbocycles. The number of aliphatic imine (C=N–C) groups is 1. The van der Waals surface area contributed by atoms with E-state index in [2.05, 4.69) is 39.7 Å². The van der Waals surface area contributed by atoms with E-state index in [1.807, 2.05) is 6.92 Å². The fourth-order valence-electron chi connectivity index (χ4n) is 3.29. The summed E-state index contributed by atoms with van der Waals surface area (Å²) in [7, 11) is 0. The average Bonchev–Trinajstić information content (AvgIpc) is 3.12. The minimum absolute atomic E-state index is 0.163. The Kier molecular flexibility index (Phi) is 9.90. The van der Waals surface area contributed by atoms with Gasteiger partial charge in [-0.3, -0.25) is 9.79 Å². The number of furan rings is 1. The molecule has 28 heavy (non-hydrogen) atoms. The van der Waals surface area contributed by atoms with Crippen LogP contribution in [0.15, 0.2) is 21.7 Å². The lowest BCUT2D eigenvalue weighted by atomic mass is 9.99. The van der Waals surface area contributed by atoms with E-state index in [0.717, 1.165) is 49.9 Å². The predicted molar refractivity (Wildman–Crippen MR) is 114 cm³/mol. The number of nitrogens with one attached hydrogen (secondary N) is 3. The Labute approximate surface area is 169 Å². The monoisotopic (exact) mass is 391 g/mol. The lowest BCUT2D eigenvalue weighted by Gasteiger charge is -2.30. The van der Waals surface area contributed by atoms with E-state index in [1.54, 1.807) is 6.07 Å². The zero-order valence-electron chi connectivity index (χ0n) is 17.7. The Morgan fingerprint density at radius 3 is 2.64 bits per heavy atom. The second kappa shape index (κ2) is 12.4. The topological polar surface area (TPSA) is 81.9 Å². The van der Waals surface area contributed by atoms with Crippen molar-refractivity contribution in [2.75, 3.05) is 45.8 Å². The number of likely N-dealkylation sites (tertiary alicyclic amines) is 1. The fraction of sp³-hybridized carbons (Fsp3) is 0.714. The van der Waals surface area contributed by atoms with Gasteiger partial charge in [-0.05, 0) is 71.1 Å². The SMILES string of the molecule is CCNC(=NCCCNC(=O)c1occc1C)NCCCN1CCC(C)CC1. The van der Waals surface area contributed by atoms with Gasteiger partial charge >= 0.3 is 0 Å². The van der Waals surface area contributed by atoms with Gasteiger partial charge in [0.15, 0.2) is 11.7 Å². The highest BCUT2D eigenvalue weighted by atomic mass is 16.3. The van der Waals surface area contributed by atoms with Crippen molar-refractivity contribution in [3.05, 3.63) is 23.7 Å². The average molecular weight is 392 g/mol. The van der Waals surface area contributed by atoms with Gasteiger partial charge in [-0.1, -0.05) is 6.92 Å². The number of nitrogens with zero attached hydrogens (tertiary/aromatic N) is 2. The highest BCUT2D eigenvalue weighted by Crippen LogP contribution is 2.15. The van der Waals surface area contributed by atoms with Crippen LogP contribution in [-0.4, -0.2) is 62.6 Å².